The van der Waals surface area contributed by atoms with E-state index in [1.165, 1.54) is 4.68 Å². The molecule has 168 valence electrons. The van der Waals surface area contributed by atoms with Gasteiger partial charge in [0.15, 0.2) is 5.82 Å². The van der Waals surface area contributed by atoms with Gasteiger partial charge in [0.05, 0.1) is 11.1 Å². The van der Waals surface area contributed by atoms with Crippen LogP contribution in [-0.4, -0.2) is 48.9 Å². The summed E-state index contributed by atoms with van der Waals surface area (Å²) in [5, 5.41) is 14.3. The molecule has 4 aromatic rings. The molecule has 0 aliphatic carbocycles. The van der Waals surface area contributed by atoms with Crippen LogP contribution in [0.15, 0.2) is 78.9 Å². The van der Waals surface area contributed by atoms with E-state index < -0.39 is 23.8 Å². The second-order valence-electron chi connectivity index (χ2n) is 7.93. The first-order valence-corrected chi connectivity index (χ1v) is 10.7. The summed E-state index contributed by atoms with van der Waals surface area (Å²) in [5.74, 6) is -0.880. The van der Waals surface area contributed by atoms with Crippen molar-refractivity contribution in [1.82, 2.24) is 25.1 Å². The lowest BCUT2D eigenvalue weighted by atomic mass is 10.0. The molecule has 5 rings (SSSR count). The fourth-order valence-corrected chi connectivity index (χ4v) is 4.07. The summed E-state index contributed by atoms with van der Waals surface area (Å²) < 4.78 is 1.53. The number of nitrogens with zero attached hydrogens (tertiary/aromatic N) is 5. The molecule has 1 unspecified atom stereocenters. The predicted molar refractivity (Wildman–Crippen MR) is 124 cm³/mol. The summed E-state index contributed by atoms with van der Waals surface area (Å²) >= 11 is 0. The van der Waals surface area contributed by atoms with Gasteiger partial charge in [0.1, 0.15) is 6.04 Å². The third-order valence-corrected chi connectivity index (χ3v) is 5.72. The number of aromatic nitrogens is 4. The average Bonchev–Trinajstić information content (AvgIpc) is 3.39. The number of nitrogens with one attached hydrogen (secondary N) is 1. The van der Waals surface area contributed by atoms with Crippen molar-refractivity contribution in [3.63, 3.8) is 0 Å². The van der Waals surface area contributed by atoms with Crippen LogP contribution in [-0.2, 0) is 18.3 Å². The number of benzene rings is 3. The van der Waals surface area contributed by atoms with Gasteiger partial charge >= 0.3 is 0 Å². The Balaban J connectivity index is 1.47. The number of aryl methyl sites for hydroxylation is 1. The number of anilines is 1. The number of amides is 3. The highest BCUT2D eigenvalue weighted by molar-refractivity contribution is 6.23. The molecule has 1 atom stereocenters. The standard InChI is InChI=1S/C25H20N6O3/c1-30-22(27-28-29-30)17-10-7-11-18(15-17)26-23(32)21(14-16-8-3-2-4-9-16)31-24(33)19-12-5-6-13-20(19)25(31)34/h2-13,15,21H,14H2,1H3,(H,26,32). The summed E-state index contributed by atoms with van der Waals surface area (Å²) in [4.78, 5) is 40.9. The highest BCUT2D eigenvalue weighted by Gasteiger charge is 2.42. The molecule has 9 heteroatoms. The second kappa shape index (κ2) is 8.70. The lowest BCUT2D eigenvalue weighted by molar-refractivity contribution is -0.119. The molecule has 3 amide bonds. The van der Waals surface area contributed by atoms with E-state index in [2.05, 4.69) is 20.8 Å². The monoisotopic (exact) mass is 452 g/mol. The maximum absolute atomic E-state index is 13.5. The van der Waals surface area contributed by atoms with Crippen molar-refractivity contribution in [2.24, 2.45) is 7.05 Å². The first-order chi connectivity index (χ1) is 16.5. The molecule has 2 heterocycles. The van der Waals surface area contributed by atoms with Gasteiger partial charge < -0.3 is 5.32 Å². The molecule has 0 radical (unpaired) electrons. The molecule has 0 saturated carbocycles. The molecule has 1 aromatic heterocycles. The van der Waals surface area contributed by atoms with Crippen LogP contribution < -0.4 is 5.32 Å². The SMILES string of the molecule is Cn1nnnc1-c1cccc(NC(=O)C(Cc2ccccc2)N2C(=O)c3ccccc3C2=O)c1. The van der Waals surface area contributed by atoms with Gasteiger partial charge in [-0.15, -0.1) is 5.10 Å². The molecule has 1 aliphatic heterocycles. The van der Waals surface area contributed by atoms with Crippen LogP contribution in [0.3, 0.4) is 0 Å². The van der Waals surface area contributed by atoms with Crippen LogP contribution in [0, 0.1) is 0 Å². The van der Waals surface area contributed by atoms with Crippen molar-refractivity contribution in [1.29, 1.82) is 0 Å². The molecule has 9 nitrogen and oxygen atoms in total. The molecular weight excluding hydrogens is 432 g/mol. The minimum absolute atomic E-state index is 0.186. The fraction of sp³-hybridized carbons (Fsp3) is 0.120. The van der Waals surface area contributed by atoms with Gasteiger partial charge in [0.25, 0.3) is 11.8 Å². The summed E-state index contributed by atoms with van der Waals surface area (Å²) in [6.45, 7) is 0. The number of fused-ring (bicyclic) bond motifs is 1. The van der Waals surface area contributed by atoms with Crippen LogP contribution in [0.2, 0.25) is 0 Å². The Hall–Kier alpha value is -4.66. The lowest BCUT2D eigenvalue weighted by Gasteiger charge is -2.25. The van der Waals surface area contributed by atoms with Gasteiger partial charge in [-0.25, -0.2) is 4.68 Å². The first-order valence-electron chi connectivity index (χ1n) is 10.7. The molecule has 34 heavy (non-hydrogen) atoms. The van der Waals surface area contributed by atoms with Crippen molar-refractivity contribution in [2.45, 2.75) is 12.5 Å². The van der Waals surface area contributed by atoms with Crippen molar-refractivity contribution in [3.05, 3.63) is 95.6 Å². The number of carbonyl (C=O) groups excluding carboxylic acids is 3. The smallest absolute Gasteiger partial charge is 0.262 e. The van der Waals surface area contributed by atoms with E-state index in [9.17, 15) is 14.4 Å². The van der Waals surface area contributed by atoms with Gasteiger partial charge in [-0.3, -0.25) is 19.3 Å². The second-order valence-corrected chi connectivity index (χ2v) is 7.93. The summed E-state index contributed by atoms with van der Waals surface area (Å²) in [5.41, 5.74) is 2.65. The van der Waals surface area contributed by atoms with Gasteiger partial charge in [-0.1, -0.05) is 54.6 Å². The Morgan fingerprint density at radius 1 is 0.912 bits per heavy atom. The minimum atomic E-state index is -1.03. The number of tetrazole rings is 1. The van der Waals surface area contributed by atoms with E-state index in [1.54, 1.807) is 49.5 Å². The summed E-state index contributed by atoms with van der Waals surface area (Å²) in [7, 11) is 1.72. The predicted octanol–water partition coefficient (Wildman–Crippen LogP) is 2.72. The van der Waals surface area contributed by atoms with Gasteiger partial charge in [0, 0.05) is 24.7 Å². The quantitative estimate of drug-likeness (QED) is 0.451. The fourth-order valence-electron chi connectivity index (χ4n) is 4.07. The third kappa shape index (κ3) is 3.83. The number of hydrogen-bond donors (Lipinski definition) is 1. The highest BCUT2D eigenvalue weighted by atomic mass is 16.2. The van der Waals surface area contributed by atoms with E-state index in [4.69, 9.17) is 0 Å². The normalized spacial score (nSPS) is 13.6. The van der Waals surface area contributed by atoms with Crippen molar-refractivity contribution in [2.75, 3.05) is 5.32 Å². The number of hydrogen-bond acceptors (Lipinski definition) is 6. The van der Waals surface area contributed by atoms with E-state index in [-0.39, 0.29) is 6.42 Å². The Labute approximate surface area is 195 Å². The zero-order valence-corrected chi connectivity index (χ0v) is 18.3. The average molecular weight is 452 g/mol. The topological polar surface area (TPSA) is 110 Å². The van der Waals surface area contributed by atoms with Gasteiger partial charge in [-0.2, -0.15) is 0 Å². The largest absolute Gasteiger partial charge is 0.324 e. The zero-order chi connectivity index (χ0) is 23.7. The van der Waals surface area contributed by atoms with Crippen LogP contribution in [0.1, 0.15) is 26.3 Å². The van der Waals surface area contributed by atoms with Crippen LogP contribution in [0.25, 0.3) is 11.4 Å². The molecule has 1 N–H and O–H groups in total. The molecule has 3 aromatic carbocycles. The van der Waals surface area contributed by atoms with E-state index in [0.717, 1.165) is 10.5 Å². The minimum Gasteiger partial charge on any atom is -0.324 e. The summed E-state index contributed by atoms with van der Waals surface area (Å²) in [6, 6.07) is 21.9. The Morgan fingerprint density at radius 3 is 2.24 bits per heavy atom. The Kier molecular flexibility index (Phi) is 5.43. The highest BCUT2D eigenvalue weighted by Crippen LogP contribution is 2.27. The van der Waals surface area contributed by atoms with Crippen molar-refractivity contribution in [3.8, 4) is 11.4 Å². The molecule has 0 fully saturated rings. The molecule has 0 bridgehead atoms. The van der Waals surface area contributed by atoms with Crippen molar-refractivity contribution >= 4 is 23.4 Å². The first kappa shape index (κ1) is 21.2. The van der Waals surface area contributed by atoms with Crippen LogP contribution in [0.5, 0.6) is 0 Å². The number of carbonyl (C=O) groups is 3. The van der Waals surface area contributed by atoms with E-state index in [0.29, 0.717) is 28.2 Å². The van der Waals surface area contributed by atoms with Crippen LogP contribution >= 0.6 is 0 Å². The molecule has 0 saturated heterocycles. The third-order valence-electron chi connectivity index (χ3n) is 5.72. The van der Waals surface area contributed by atoms with Gasteiger partial charge in [0.2, 0.25) is 5.91 Å². The van der Waals surface area contributed by atoms with E-state index >= 15 is 0 Å². The zero-order valence-electron chi connectivity index (χ0n) is 18.3. The van der Waals surface area contributed by atoms with Crippen molar-refractivity contribution < 1.29 is 14.4 Å². The maximum atomic E-state index is 13.5. The lowest BCUT2D eigenvalue weighted by Crippen LogP contribution is -2.48. The molecular formula is C25H20N6O3. The maximum Gasteiger partial charge on any atom is 0.262 e. The molecule has 1 aliphatic rings. The molecule has 0 spiro atoms. The Morgan fingerprint density at radius 2 is 1.59 bits per heavy atom. The number of rotatable bonds is 6. The van der Waals surface area contributed by atoms with Gasteiger partial charge in [-0.05, 0) is 40.3 Å². The Bertz CT molecular complexity index is 1360. The van der Waals surface area contributed by atoms with Crippen LogP contribution in [0.4, 0.5) is 5.69 Å². The summed E-state index contributed by atoms with van der Waals surface area (Å²) in [6.07, 6.45) is 0.186. The number of imide groups is 1. The van der Waals surface area contributed by atoms with E-state index in [1.807, 2.05) is 36.4 Å².